The van der Waals surface area contributed by atoms with Gasteiger partial charge in [-0.2, -0.15) is 4.99 Å². The van der Waals surface area contributed by atoms with Crippen LogP contribution >= 0.6 is 0 Å². The molecule has 0 aromatic carbocycles. The first-order valence-electron chi connectivity index (χ1n) is 3.16. The van der Waals surface area contributed by atoms with Crippen LogP contribution < -0.4 is 0 Å². The molecule has 0 N–H and O–H groups in total. The smallest absolute Gasteiger partial charge is 0.235 e. The number of rotatable bonds is 3. The van der Waals surface area contributed by atoms with Gasteiger partial charge in [0.2, 0.25) is 6.08 Å². The van der Waals surface area contributed by atoms with Crippen molar-refractivity contribution in [3.8, 4) is 0 Å². The summed E-state index contributed by atoms with van der Waals surface area (Å²) in [5.74, 6) is 0. The van der Waals surface area contributed by atoms with E-state index in [-0.39, 0.29) is 11.6 Å². The molecule has 0 aliphatic rings. The molecule has 0 saturated carbocycles. The number of nitrogens with zero attached hydrogens (tertiary/aromatic N) is 1. The van der Waals surface area contributed by atoms with Gasteiger partial charge in [0.1, 0.15) is 10.5 Å². The molecule has 10 heavy (non-hydrogen) atoms. The van der Waals surface area contributed by atoms with Gasteiger partial charge in [-0.1, -0.05) is 0 Å². The van der Waals surface area contributed by atoms with Crippen molar-refractivity contribution in [1.82, 2.24) is 0 Å². The minimum Gasteiger partial charge on any atom is -0.421 e. The lowest BCUT2D eigenvalue weighted by Crippen LogP contribution is -2.34. The quantitative estimate of drug-likeness (QED) is 0.324. The van der Waals surface area contributed by atoms with Crippen LogP contribution in [0.5, 0.6) is 0 Å². The largest absolute Gasteiger partial charge is 0.421 e. The van der Waals surface area contributed by atoms with Crippen LogP contribution in [0.3, 0.4) is 0 Å². The third-order valence-electron chi connectivity index (χ3n) is 1.78. The van der Waals surface area contributed by atoms with Crippen molar-refractivity contribution in [2.45, 2.75) is 32.4 Å². The normalized spacial score (nSPS) is 14.3. The fourth-order valence-corrected chi connectivity index (χ4v) is 0.746. The molecule has 0 saturated heterocycles. The predicted octanol–water partition coefficient (Wildman–Crippen LogP) is -0.214. The highest BCUT2D eigenvalue weighted by Gasteiger charge is 2.23. The third kappa shape index (κ3) is 2.43. The molecule has 0 amide bonds. The summed E-state index contributed by atoms with van der Waals surface area (Å²) in [6, 6.07) is -0.109. The lowest BCUT2D eigenvalue weighted by atomic mass is 10.0. The lowest BCUT2D eigenvalue weighted by Gasteiger charge is -2.26. The zero-order valence-electron chi connectivity index (χ0n) is 6.84. The van der Waals surface area contributed by atoms with E-state index >= 15 is 0 Å². The number of aliphatic imine (C=N–C) groups is 1. The molecule has 3 nitrogen and oxygen atoms in total. The van der Waals surface area contributed by atoms with Gasteiger partial charge in [-0.3, -0.25) is 0 Å². The minimum absolute atomic E-state index is 0.109. The summed E-state index contributed by atoms with van der Waals surface area (Å²) in [6.45, 7) is 5.65. The van der Waals surface area contributed by atoms with Gasteiger partial charge in [-0.25, -0.2) is 4.79 Å². The van der Waals surface area contributed by atoms with Crippen LogP contribution in [0.4, 0.5) is 0 Å². The molecule has 0 fully saturated rings. The van der Waals surface area contributed by atoms with Crippen molar-refractivity contribution < 1.29 is 9.22 Å². The van der Waals surface area contributed by atoms with Gasteiger partial charge in [0.15, 0.2) is 0 Å². The first-order chi connectivity index (χ1) is 4.54. The van der Waals surface area contributed by atoms with Crippen LogP contribution in [-0.4, -0.2) is 28.2 Å². The molecule has 0 heterocycles. The van der Waals surface area contributed by atoms with Gasteiger partial charge in [0.25, 0.3) is 0 Å². The number of isocyanates is 1. The summed E-state index contributed by atoms with van der Waals surface area (Å²) in [6.07, 6.45) is 1.52. The van der Waals surface area contributed by atoms with Gasteiger partial charge in [-0.15, -0.1) is 0 Å². The summed E-state index contributed by atoms with van der Waals surface area (Å²) in [7, 11) is 0.663. The Kier molecular flexibility index (Phi) is 3.50. The summed E-state index contributed by atoms with van der Waals surface area (Å²) < 4.78 is 5.22. The summed E-state index contributed by atoms with van der Waals surface area (Å²) in [5, 5.41) is 0. The second-order valence-electron chi connectivity index (χ2n) is 2.70. The maximum atomic E-state index is 9.84. The molecule has 0 bridgehead atoms. The Morgan fingerprint density at radius 1 is 1.70 bits per heavy atom. The Morgan fingerprint density at radius 2 is 2.20 bits per heavy atom. The summed E-state index contributed by atoms with van der Waals surface area (Å²) in [5.41, 5.74) is -0.316. The van der Waals surface area contributed by atoms with E-state index in [1.165, 1.54) is 6.08 Å². The van der Waals surface area contributed by atoms with Crippen LogP contribution in [0.25, 0.3) is 0 Å². The van der Waals surface area contributed by atoms with E-state index in [0.29, 0.717) is 10.5 Å². The molecular formula is C6H13NO2Si. The molecule has 0 aliphatic heterocycles. The highest BCUT2D eigenvalue weighted by Crippen LogP contribution is 2.14. The van der Waals surface area contributed by atoms with Crippen LogP contribution in [0.2, 0.25) is 0 Å². The number of hydrogen-bond acceptors (Lipinski definition) is 3. The fraction of sp³-hybridized carbons (Fsp3) is 0.833. The average Bonchev–Trinajstić information content (AvgIpc) is 1.89. The van der Waals surface area contributed by atoms with Gasteiger partial charge in [0.05, 0.1) is 11.6 Å². The van der Waals surface area contributed by atoms with E-state index in [0.717, 1.165) is 0 Å². The maximum absolute atomic E-state index is 9.84. The highest BCUT2D eigenvalue weighted by molar-refractivity contribution is 5.98. The van der Waals surface area contributed by atoms with E-state index in [1.807, 2.05) is 20.8 Å². The Hall–Kier alpha value is -0.443. The standard InChI is InChI=1S/C6H13NO2Si/c1-5(7-4-8)6(2,3)9-10/h5H,1-3,10H3. The van der Waals surface area contributed by atoms with Crippen LogP contribution in [0, 0.1) is 0 Å². The SMILES string of the molecule is CC(N=C=O)C(C)(C)O[SiH3]. The number of hydrogen-bond donors (Lipinski definition) is 0. The molecule has 0 spiro atoms. The Balaban J connectivity index is 4.16. The van der Waals surface area contributed by atoms with Gasteiger partial charge < -0.3 is 4.43 Å². The van der Waals surface area contributed by atoms with Crippen molar-refractivity contribution in [1.29, 1.82) is 0 Å². The third-order valence-corrected chi connectivity index (χ3v) is 2.83. The highest BCUT2D eigenvalue weighted by atomic mass is 28.2. The predicted molar refractivity (Wildman–Crippen MR) is 42.7 cm³/mol. The van der Waals surface area contributed by atoms with Crippen molar-refractivity contribution in [3.05, 3.63) is 0 Å². The molecule has 0 aliphatic carbocycles. The van der Waals surface area contributed by atoms with Gasteiger partial charge in [-0.05, 0) is 20.8 Å². The molecule has 1 atom stereocenters. The van der Waals surface area contributed by atoms with Crippen molar-refractivity contribution in [2.24, 2.45) is 4.99 Å². The molecule has 0 rings (SSSR count). The van der Waals surface area contributed by atoms with E-state index < -0.39 is 0 Å². The fourth-order valence-electron chi connectivity index (χ4n) is 0.405. The van der Waals surface area contributed by atoms with Gasteiger partial charge in [0, 0.05) is 0 Å². The first kappa shape index (κ1) is 9.56. The number of carbonyl (C=O) groups excluding carboxylic acids is 1. The second kappa shape index (κ2) is 3.66. The zero-order valence-corrected chi connectivity index (χ0v) is 8.84. The second-order valence-corrected chi connectivity index (χ2v) is 3.11. The first-order valence-corrected chi connectivity index (χ1v) is 3.98. The van der Waals surface area contributed by atoms with Crippen LogP contribution in [0.1, 0.15) is 20.8 Å². The molecule has 58 valence electrons. The van der Waals surface area contributed by atoms with Crippen LogP contribution in [0.15, 0.2) is 4.99 Å². The van der Waals surface area contributed by atoms with Crippen LogP contribution in [-0.2, 0) is 9.22 Å². The van der Waals surface area contributed by atoms with Gasteiger partial charge >= 0.3 is 0 Å². The molecule has 1 unspecified atom stereocenters. The Bertz CT molecular complexity index is 152. The van der Waals surface area contributed by atoms with E-state index in [9.17, 15) is 4.79 Å². The summed E-state index contributed by atoms with van der Waals surface area (Å²) >= 11 is 0. The molecule has 0 aromatic heterocycles. The Morgan fingerprint density at radius 3 is 2.50 bits per heavy atom. The lowest BCUT2D eigenvalue weighted by molar-refractivity contribution is 0.0992. The average molecular weight is 159 g/mol. The van der Waals surface area contributed by atoms with Crippen molar-refractivity contribution in [2.75, 3.05) is 0 Å². The minimum atomic E-state index is -0.316. The van der Waals surface area contributed by atoms with E-state index in [2.05, 4.69) is 4.99 Å². The van der Waals surface area contributed by atoms with E-state index in [4.69, 9.17) is 4.43 Å². The zero-order chi connectivity index (χ0) is 8.20. The monoisotopic (exact) mass is 159 g/mol. The molecule has 4 heteroatoms. The Labute approximate surface area is 64.0 Å². The van der Waals surface area contributed by atoms with E-state index in [1.54, 1.807) is 0 Å². The maximum Gasteiger partial charge on any atom is 0.235 e. The van der Waals surface area contributed by atoms with Crippen molar-refractivity contribution >= 4 is 16.6 Å². The molecular weight excluding hydrogens is 146 g/mol. The summed E-state index contributed by atoms with van der Waals surface area (Å²) in [4.78, 5) is 13.4. The van der Waals surface area contributed by atoms with Crippen molar-refractivity contribution in [3.63, 3.8) is 0 Å². The molecule has 0 radical (unpaired) electrons. The topological polar surface area (TPSA) is 38.7 Å². The molecule has 0 aromatic rings.